The zero-order valence-corrected chi connectivity index (χ0v) is 7.21. The summed E-state index contributed by atoms with van der Waals surface area (Å²) in [5.41, 5.74) is -1.12. The van der Waals surface area contributed by atoms with Crippen LogP contribution in [0.3, 0.4) is 0 Å². The van der Waals surface area contributed by atoms with Gasteiger partial charge in [0, 0.05) is 11.2 Å². The van der Waals surface area contributed by atoms with Crippen molar-refractivity contribution in [1.82, 2.24) is 4.98 Å². The molecule has 14 heavy (non-hydrogen) atoms. The van der Waals surface area contributed by atoms with Gasteiger partial charge in [0.05, 0.1) is 0 Å². The van der Waals surface area contributed by atoms with Crippen LogP contribution in [-0.4, -0.2) is 22.2 Å². The fourth-order valence-electron chi connectivity index (χ4n) is 1.00. The van der Waals surface area contributed by atoms with Crippen molar-refractivity contribution in [1.29, 1.82) is 0 Å². The second kappa shape index (κ2) is 3.59. The van der Waals surface area contributed by atoms with Crippen molar-refractivity contribution >= 4 is 12.6 Å². The molecule has 0 saturated carbocycles. The predicted molar refractivity (Wildman–Crippen MR) is 43.8 cm³/mol. The number of aryl methyl sites for hydroxylation is 1. The monoisotopic (exact) mass is 205 g/mol. The van der Waals surface area contributed by atoms with E-state index < -0.39 is 19.0 Å². The fourth-order valence-corrected chi connectivity index (χ4v) is 1.00. The molecule has 0 fully saturated rings. The van der Waals surface area contributed by atoms with Gasteiger partial charge in [-0.15, -0.1) is 0 Å². The lowest BCUT2D eigenvalue weighted by molar-refractivity contribution is -0.141. The van der Waals surface area contributed by atoms with Gasteiger partial charge in [0.15, 0.2) is 0 Å². The smallest absolute Gasteiger partial charge is 0.423 e. The number of hydrogen-bond donors (Lipinski definition) is 2. The SMILES string of the molecule is Cc1nc(C(F)(F)F)ccc1B(O)O. The van der Waals surface area contributed by atoms with Crippen molar-refractivity contribution in [3.8, 4) is 0 Å². The van der Waals surface area contributed by atoms with Crippen LogP contribution in [0.2, 0.25) is 0 Å². The summed E-state index contributed by atoms with van der Waals surface area (Å²) in [6, 6.07) is 1.71. The molecule has 0 atom stereocenters. The van der Waals surface area contributed by atoms with Gasteiger partial charge in [-0.1, -0.05) is 6.07 Å². The summed E-state index contributed by atoms with van der Waals surface area (Å²) in [6.45, 7) is 1.28. The molecule has 0 aliphatic carbocycles. The van der Waals surface area contributed by atoms with E-state index in [-0.39, 0.29) is 11.2 Å². The molecule has 0 spiro atoms. The maximum Gasteiger partial charge on any atom is 0.490 e. The summed E-state index contributed by atoms with van der Waals surface area (Å²) >= 11 is 0. The summed E-state index contributed by atoms with van der Waals surface area (Å²) in [4.78, 5) is 3.22. The van der Waals surface area contributed by atoms with Gasteiger partial charge in [0.25, 0.3) is 0 Å². The molecule has 0 saturated heterocycles. The van der Waals surface area contributed by atoms with Crippen molar-refractivity contribution in [2.24, 2.45) is 0 Å². The van der Waals surface area contributed by atoms with E-state index in [9.17, 15) is 13.2 Å². The van der Waals surface area contributed by atoms with Crippen LogP contribution >= 0.6 is 0 Å². The van der Waals surface area contributed by atoms with E-state index in [1.165, 1.54) is 6.92 Å². The zero-order valence-electron chi connectivity index (χ0n) is 7.21. The van der Waals surface area contributed by atoms with Gasteiger partial charge in [-0.3, -0.25) is 0 Å². The maximum absolute atomic E-state index is 12.1. The Labute approximate surface area is 78.4 Å². The van der Waals surface area contributed by atoms with E-state index in [1.54, 1.807) is 0 Å². The second-order valence-electron chi connectivity index (χ2n) is 2.74. The van der Waals surface area contributed by atoms with E-state index in [4.69, 9.17) is 10.0 Å². The molecule has 0 bridgehead atoms. The molecule has 0 aromatic carbocycles. The third kappa shape index (κ3) is 2.24. The average molecular weight is 205 g/mol. The minimum absolute atomic E-state index is 0.0296. The van der Waals surface area contributed by atoms with E-state index >= 15 is 0 Å². The highest BCUT2D eigenvalue weighted by Gasteiger charge is 2.33. The highest BCUT2D eigenvalue weighted by Crippen LogP contribution is 2.26. The maximum atomic E-state index is 12.1. The lowest BCUT2D eigenvalue weighted by Gasteiger charge is -2.09. The van der Waals surface area contributed by atoms with E-state index in [0.717, 1.165) is 6.07 Å². The summed E-state index contributed by atoms with van der Waals surface area (Å²) < 4.78 is 36.3. The number of aromatic nitrogens is 1. The highest BCUT2D eigenvalue weighted by molar-refractivity contribution is 6.59. The van der Waals surface area contributed by atoms with Crippen LogP contribution in [0.1, 0.15) is 11.4 Å². The molecule has 1 heterocycles. The third-order valence-corrected chi connectivity index (χ3v) is 1.70. The normalized spacial score (nSPS) is 11.6. The molecule has 1 aromatic rings. The predicted octanol–water partition coefficient (Wildman–Crippen LogP) is 0.0886. The van der Waals surface area contributed by atoms with Crippen LogP contribution in [0, 0.1) is 6.92 Å². The van der Waals surface area contributed by atoms with Crippen molar-refractivity contribution in [3.63, 3.8) is 0 Å². The Balaban J connectivity index is 3.13. The fraction of sp³-hybridized carbons (Fsp3) is 0.286. The van der Waals surface area contributed by atoms with Gasteiger partial charge in [-0.05, 0) is 13.0 Å². The zero-order chi connectivity index (χ0) is 10.9. The molecule has 1 aromatic heterocycles. The molecule has 0 amide bonds. The van der Waals surface area contributed by atoms with Crippen molar-refractivity contribution in [2.45, 2.75) is 13.1 Å². The first-order valence-corrected chi connectivity index (χ1v) is 3.73. The van der Waals surface area contributed by atoms with Crippen LogP contribution in [-0.2, 0) is 6.18 Å². The molecule has 0 aliphatic heterocycles. The standard InChI is InChI=1S/C7H7BF3NO2/c1-4-5(8(13)14)2-3-6(12-4)7(9,10)11/h2-3,13-14H,1H3. The number of hydrogen-bond acceptors (Lipinski definition) is 3. The number of rotatable bonds is 1. The van der Waals surface area contributed by atoms with Crippen LogP contribution in [0.4, 0.5) is 13.2 Å². The number of pyridine rings is 1. The molecule has 1 rings (SSSR count). The summed E-state index contributed by atoms with van der Waals surface area (Å²) in [6.07, 6.45) is -4.51. The number of halogens is 3. The van der Waals surface area contributed by atoms with E-state index in [0.29, 0.717) is 6.07 Å². The Bertz CT molecular complexity index is 340. The van der Waals surface area contributed by atoms with E-state index in [2.05, 4.69) is 4.98 Å². The third-order valence-electron chi connectivity index (χ3n) is 1.70. The molecular weight excluding hydrogens is 198 g/mol. The molecule has 7 heteroatoms. The van der Waals surface area contributed by atoms with Gasteiger partial charge in [-0.2, -0.15) is 13.2 Å². The second-order valence-corrected chi connectivity index (χ2v) is 2.74. The Kier molecular flexibility index (Phi) is 2.82. The van der Waals surface area contributed by atoms with Gasteiger partial charge in [0.1, 0.15) is 5.69 Å². The van der Waals surface area contributed by atoms with Gasteiger partial charge < -0.3 is 10.0 Å². The molecular formula is C7H7BF3NO2. The minimum atomic E-state index is -4.51. The first kappa shape index (κ1) is 11.0. The minimum Gasteiger partial charge on any atom is -0.423 e. The summed E-state index contributed by atoms with van der Waals surface area (Å²) in [5.74, 6) is 0. The van der Waals surface area contributed by atoms with Crippen LogP contribution < -0.4 is 5.46 Å². The summed E-state index contributed by atoms with van der Waals surface area (Å²) in [5, 5.41) is 17.5. The van der Waals surface area contributed by atoms with Gasteiger partial charge in [0.2, 0.25) is 0 Å². The van der Waals surface area contributed by atoms with Crippen LogP contribution in [0.5, 0.6) is 0 Å². The first-order valence-electron chi connectivity index (χ1n) is 3.73. The first-order chi connectivity index (χ1) is 6.32. The van der Waals surface area contributed by atoms with Crippen molar-refractivity contribution in [3.05, 3.63) is 23.5 Å². The molecule has 3 nitrogen and oxygen atoms in total. The lowest BCUT2D eigenvalue weighted by Crippen LogP contribution is -2.33. The average Bonchev–Trinajstić information content (AvgIpc) is 2.01. The molecule has 76 valence electrons. The Hall–Kier alpha value is -1.08. The number of alkyl halides is 3. The van der Waals surface area contributed by atoms with Crippen LogP contribution in [0.15, 0.2) is 12.1 Å². The lowest BCUT2D eigenvalue weighted by atomic mass is 9.79. The highest BCUT2D eigenvalue weighted by atomic mass is 19.4. The van der Waals surface area contributed by atoms with Crippen molar-refractivity contribution < 1.29 is 23.2 Å². The molecule has 0 radical (unpaired) electrons. The summed E-state index contributed by atoms with van der Waals surface area (Å²) in [7, 11) is -1.80. The number of nitrogens with zero attached hydrogens (tertiary/aromatic N) is 1. The Morgan fingerprint density at radius 3 is 2.21 bits per heavy atom. The molecule has 0 unspecified atom stereocenters. The van der Waals surface area contributed by atoms with E-state index in [1.807, 2.05) is 0 Å². The topological polar surface area (TPSA) is 53.4 Å². The quantitative estimate of drug-likeness (QED) is 0.638. The Morgan fingerprint density at radius 2 is 1.86 bits per heavy atom. The molecule has 2 N–H and O–H groups in total. The van der Waals surface area contributed by atoms with Crippen molar-refractivity contribution in [2.75, 3.05) is 0 Å². The van der Waals surface area contributed by atoms with Gasteiger partial charge in [-0.25, -0.2) is 4.98 Å². The van der Waals surface area contributed by atoms with Gasteiger partial charge >= 0.3 is 13.3 Å². The molecule has 0 aliphatic rings. The Morgan fingerprint density at radius 1 is 1.29 bits per heavy atom. The van der Waals surface area contributed by atoms with Crippen LogP contribution in [0.25, 0.3) is 0 Å². The largest absolute Gasteiger partial charge is 0.490 e.